The Bertz CT molecular complexity index is 628. The minimum Gasteiger partial charge on any atom is -0.491 e. The molecule has 0 radical (unpaired) electrons. The first kappa shape index (κ1) is 16.2. The Morgan fingerprint density at radius 3 is 2.59 bits per heavy atom. The van der Waals surface area contributed by atoms with E-state index in [4.69, 9.17) is 17.0 Å². The highest BCUT2D eigenvalue weighted by atomic mass is 32.1. The largest absolute Gasteiger partial charge is 0.491 e. The second kappa shape index (κ2) is 7.75. The molecular weight excluding hydrogens is 294 g/mol. The standard InChI is InChI=1S/C17H21N3OS/c1-12-7-9-15(10-8-12)21-11-14(3)19-17(22)20-16-6-4-5-13(2)18-16/h4-10,14H,11H2,1-3H3,(H2,18,19,20,22)/t14-/m1/s1. The Morgan fingerprint density at radius 2 is 1.91 bits per heavy atom. The van der Waals surface area contributed by atoms with Gasteiger partial charge in [0.25, 0.3) is 0 Å². The van der Waals surface area contributed by atoms with Crippen molar-refractivity contribution in [3.63, 3.8) is 0 Å². The minimum absolute atomic E-state index is 0.0890. The number of anilines is 1. The fourth-order valence-electron chi connectivity index (χ4n) is 1.89. The number of aryl methyl sites for hydroxylation is 2. The van der Waals surface area contributed by atoms with Gasteiger partial charge in [0.1, 0.15) is 18.2 Å². The number of hydrogen-bond acceptors (Lipinski definition) is 3. The zero-order valence-corrected chi connectivity index (χ0v) is 13.9. The highest BCUT2D eigenvalue weighted by Crippen LogP contribution is 2.11. The van der Waals surface area contributed by atoms with Crippen LogP contribution < -0.4 is 15.4 Å². The lowest BCUT2D eigenvalue weighted by molar-refractivity contribution is 0.287. The molecule has 0 fully saturated rings. The molecule has 2 aromatic rings. The van der Waals surface area contributed by atoms with Crippen LogP contribution in [0.1, 0.15) is 18.2 Å². The third-order valence-corrected chi connectivity index (χ3v) is 3.25. The van der Waals surface area contributed by atoms with Crippen molar-refractivity contribution >= 4 is 23.1 Å². The van der Waals surface area contributed by atoms with Crippen molar-refractivity contribution in [1.82, 2.24) is 10.3 Å². The summed E-state index contributed by atoms with van der Waals surface area (Å²) in [6, 6.07) is 13.9. The quantitative estimate of drug-likeness (QED) is 0.828. The summed E-state index contributed by atoms with van der Waals surface area (Å²) in [6.45, 7) is 6.55. The van der Waals surface area contributed by atoms with Crippen molar-refractivity contribution in [2.75, 3.05) is 11.9 Å². The van der Waals surface area contributed by atoms with Crippen molar-refractivity contribution in [1.29, 1.82) is 0 Å². The maximum absolute atomic E-state index is 5.73. The van der Waals surface area contributed by atoms with Gasteiger partial charge in [-0.2, -0.15) is 0 Å². The van der Waals surface area contributed by atoms with Gasteiger partial charge in [0.05, 0.1) is 6.04 Å². The van der Waals surface area contributed by atoms with Gasteiger partial charge in [-0.25, -0.2) is 4.98 Å². The molecule has 2 rings (SSSR count). The van der Waals surface area contributed by atoms with E-state index >= 15 is 0 Å². The number of thiocarbonyl (C=S) groups is 1. The second-order valence-corrected chi connectivity index (χ2v) is 5.70. The zero-order valence-electron chi connectivity index (χ0n) is 13.1. The molecule has 1 atom stereocenters. The number of nitrogens with zero attached hydrogens (tertiary/aromatic N) is 1. The molecule has 0 saturated carbocycles. The first-order valence-electron chi connectivity index (χ1n) is 7.23. The van der Waals surface area contributed by atoms with Crippen LogP contribution in [0.2, 0.25) is 0 Å². The molecule has 0 amide bonds. The Hall–Kier alpha value is -2.14. The maximum atomic E-state index is 5.73. The molecule has 0 aliphatic heterocycles. The number of benzene rings is 1. The van der Waals surface area contributed by atoms with Crippen LogP contribution in [-0.2, 0) is 0 Å². The molecule has 0 unspecified atom stereocenters. The van der Waals surface area contributed by atoms with E-state index in [2.05, 4.69) is 22.5 Å². The average molecular weight is 315 g/mol. The number of ether oxygens (including phenoxy) is 1. The summed E-state index contributed by atoms with van der Waals surface area (Å²) in [5.74, 6) is 1.60. The molecule has 1 aromatic heterocycles. The minimum atomic E-state index is 0.0890. The summed E-state index contributed by atoms with van der Waals surface area (Å²) in [6.07, 6.45) is 0. The van der Waals surface area contributed by atoms with Crippen LogP contribution in [0.25, 0.3) is 0 Å². The van der Waals surface area contributed by atoms with Crippen molar-refractivity contribution in [2.45, 2.75) is 26.8 Å². The number of pyridine rings is 1. The molecule has 116 valence electrons. The normalized spacial score (nSPS) is 11.6. The first-order chi connectivity index (χ1) is 10.5. The zero-order chi connectivity index (χ0) is 15.9. The average Bonchev–Trinajstić information content (AvgIpc) is 2.46. The topological polar surface area (TPSA) is 46.2 Å². The van der Waals surface area contributed by atoms with Crippen molar-refractivity contribution in [3.05, 3.63) is 53.7 Å². The molecule has 0 aliphatic carbocycles. The Morgan fingerprint density at radius 1 is 1.18 bits per heavy atom. The van der Waals surface area contributed by atoms with Gasteiger partial charge in [0.15, 0.2) is 5.11 Å². The summed E-state index contributed by atoms with van der Waals surface area (Å²) in [7, 11) is 0. The molecule has 1 aromatic carbocycles. The van der Waals surface area contributed by atoms with Crippen LogP contribution in [0, 0.1) is 13.8 Å². The molecule has 22 heavy (non-hydrogen) atoms. The van der Waals surface area contributed by atoms with E-state index in [-0.39, 0.29) is 6.04 Å². The van der Waals surface area contributed by atoms with Crippen LogP contribution >= 0.6 is 12.2 Å². The Kier molecular flexibility index (Phi) is 5.72. The molecule has 0 aliphatic rings. The van der Waals surface area contributed by atoms with Gasteiger partial charge in [-0.3, -0.25) is 0 Å². The lowest BCUT2D eigenvalue weighted by atomic mass is 10.2. The first-order valence-corrected chi connectivity index (χ1v) is 7.64. The molecule has 5 heteroatoms. The van der Waals surface area contributed by atoms with Gasteiger partial charge in [-0.1, -0.05) is 23.8 Å². The Labute approximate surface area is 136 Å². The second-order valence-electron chi connectivity index (χ2n) is 5.29. The highest BCUT2D eigenvalue weighted by molar-refractivity contribution is 7.80. The van der Waals surface area contributed by atoms with Crippen LogP contribution in [-0.4, -0.2) is 22.7 Å². The maximum Gasteiger partial charge on any atom is 0.172 e. The summed E-state index contributed by atoms with van der Waals surface area (Å²) in [5.41, 5.74) is 2.16. The molecule has 0 saturated heterocycles. The summed E-state index contributed by atoms with van der Waals surface area (Å²) in [4.78, 5) is 4.35. The van der Waals surface area contributed by atoms with Gasteiger partial charge in [-0.05, 0) is 57.3 Å². The summed E-state index contributed by atoms with van der Waals surface area (Å²) in [5, 5.41) is 6.80. The van der Waals surface area contributed by atoms with E-state index < -0.39 is 0 Å². The van der Waals surface area contributed by atoms with E-state index in [1.54, 1.807) is 0 Å². The van der Waals surface area contributed by atoms with Gasteiger partial charge in [0, 0.05) is 5.69 Å². The Balaban J connectivity index is 1.77. The van der Waals surface area contributed by atoms with E-state index in [1.807, 2.05) is 56.3 Å². The molecule has 0 spiro atoms. The summed E-state index contributed by atoms with van der Waals surface area (Å²) >= 11 is 5.29. The molecular formula is C17H21N3OS. The van der Waals surface area contributed by atoms with Crippen LogP contribution in [0.4, 0.5) is 5.82 Å². The third-order valence-electron chi connectivity index (χ3n) is 3.03. The van der Waals surface area contributed by atoms with Gasteiger partial charge >= 0.3 is 0 Å². The van der Waals surface area contributed by atoms with Gasteiger partial charge in [0.2, 0.25) is 0 Å². The fraction of sp³-hybridized carbons (Fsp3) is 0.294. The smallest absolute Gasteiger partial charge is 0.172 e. The number of aromatic nitrogens is 1. The molecule has 1 heterocycles. The van der Waals surface area contributed by atoms with Crippen molar-refractivity contribution < 1.29 is 4.74 Å². The number of rotatable bonds is 5. The van der Waals surface area contributed by atoms with Crippen LogP contribution in [0.5, 0.6) is 5.75 Å². The van der Waals surface area contributed by atoms with Gasteiger partial charge in [-0.15, -0.1) is 0 Å². The van der Waals surface area contributed by atoms with Crippen molar-refractivity contribution in [2.24, 2.45) is 0 Å². The van der Waals surface area contributed by atoms with Gasteiger partial charge < -0.3 is 15.4 Å². The van der Waals surface area contributed by atoms with E-state index in [9.17, 15) is 0 Å². The fourth-order valence-corrected chi connectivity index (χ4v) is 2.19. The lowest BCUT2D eigenvalue weighted by Crippen LogP contribution is -2.39. The number of nitrogens with one attached hydrogen (secondary N) is 2. The van der Waals surface area contributed by atoms with Crippen molar-refractivity contribution in [3.8, 4) is 5.75 Å². The molecule has 0 bridgehead atoms. The highest BCUT2D eigenvalue weighted by Gasteiger charge is 2.06. The predicted octanol–water partition coefficient (Wildman–Crippen LogP) is 3.45. The lowest BCUT2D eigenvalue weighted by Gasteiger charge is -2.17. The van der Waals surface area contributed by atoms with E-state index in [0.29, 0.717) is 11.7 Å². The SMILES string of the molecule is Cc1ccc(OC[C@@H](C)NC(=S)Nc2cccc(C)n2)cc1. The van der Waals surface area contributed by atoms with E-state index in [1.165, 1.54) is 5.56 Å². The third kappa shape index (κ3) is 5.33. The summed E-state index contributed by atoms with van der Waals surface area (Å²) < 4.78 is 5.73. The number of hydrogen-bond donors (Lipinski definition) is 2. The van der Waals surface area contributed by atoms with E-state index in [0.717, 1.165) is 17.3 Å². The monoisotopic (exact) mass is 315 g/mol. The molecule has 4 nitrogen and oxygen atoms in total. The molecule has 2 N–H and O–H groups in total. The predicted molar refractivity (Wildman–Crippen MR) is 94.5 cm³/mol. The van der Waals surface area contributed by atoms with Crippen LogP contribution in [0.15, 0.2) is 42.5 Å². The van der Waals surface area contributed by atoms with Crippen LogP contribution in [0.3, 0.4) is 0 Å².